The van der Waals surface area contributed by atoms with Crippen molar-refractivity contribution >= 4 is 39.1 Å². The predicted octanol–water partition coefficient (Wildman–Crippen LogP) is 6.35. The van der Waals surface area contributed by atoms with Crippen LogP contribution in [-0.4, -0.2) is 54.5 Å². The van der Waals surface area contributed by atoms with E-state index in [1.807, 2.05) is 18.2 Å². The Kier molecular flexibility index (Phi) is 8.41. The van der Waals surface area contributed by atoms with Crippen LogP contribution in [0.5, 0.6) is 11.5 Å². The van der Waals surface area contributed by atoms with Crippen molar-refractivity contribution in [1.29, 1.82) is 0 Å². The Labute approximate surface area is 271 Å². The van der Waals surface area contributed by atoms with E-state index in [0.29, 0.717) is 35.0 Å². The third-order valence-electron chi connectivity index (χ3n) is 8.69. The van der Waals surface area contributed by atoms with E-state index < -0.39 is 11.8 Å². The number of rotatable bonds is 5. The quantitative estimate of drug-likeness (QED) is 0.289. The standard InChI is InChI=1S/C20H20F2N2O3.C13H12BrF2NO2/c1-12-5-15(10-23(2)19(12)26)14-3-4-17-16(6-14)24(18(25)11-27-17)9-13-7-20(21,22)8-13;14-9-1-2-11-10(3-9)17(12(18)7-19-11)6-8-4-13(15,16)5-8/h3-6,10,13H,7-9,11H2,1-2H3;1-3,8H,4-7H2. The second-order valence-corrected chi connectivity index (χ2v) is 13.4. The molecule has 0 atom stereocenters. The summed E-state index contributed by atoms with van der Waals surface area (Å²) in [4.78, 5) is 39.3. The lowest BCUT2D eigenvalue weighted by molar-refractivity contribution is -0.125. The highest BCUT2D eigenvalue weighted by Gasteiger charge is 2.47. The van der Waals surface area contributed by atoms with Crippen molar-refractivity contribution < 1.29 is 36.6 Å². The van der Waals surface area contributed by atoms with E-state index in [1.165, 1.54) is 4.57 Å². The minimum absolute atomic E-state index is 0.0300. The van der Waals surface area contributed by atoms with E-state index in [2.05, 4.69) is 15.9 Å². The molecule has 3 aromatic rings. The molecule has 3 heterocycles. The van der Waals surface area contributed by atoms with Crippen LogP contribution in [0.1, 0.15) is 31.2 Å². The van der Waals surface area contributed by atoms with Gasteiger partial charge in [-0.05, 0) is 66.3 Å². The summed E-state index contributed by atoms with van der Waals surface area (Å²) in [6.45, 7) is 2.23. The third kappa shape index (κ3) is 6.65. The molecule has 1 aromatic heterocycles. The van der Waals surface area contributed by atoms with E-state index in [1.54, 1.807) is 54.2 Å². The Morgan fingerprint density at radius 2 is 1.26 bits per heavy atom. The molecular formula is C33H32BrF4N3O5. The summed E-state index contributed by atoms with van der Waals surface area (Å²) >= 11 is 3.34. The Balaban J connectivity index is 0.000000172. The molecule has 13 heteroatoms. The molecule has 2 aromatic carbocycles. The van der Waals surface area contributed by atoms with Crippen molar-refractivity contribution in [2.24, 2.45) is 18.9 Å². The summed E-state index contributed by atoms with van der Waals surface area (Å²) in [5.74, 6) is -4.74. The number of carbonyl (C=O) groups is 2. The van der Waals surface area contributed by atoms with Crippen LogP contribution in [-0.2, 0) is 16.6 Å². The van der Waals surface area contributed by atoms with Gasteiger partial charge in [0.25, 0.3) is 17.4 Å². The van der Waals surface area contributed by atoms with Crippen molar-refractivity contribution in [3.8, 4) is 22.6 Å². The molecule has 2 fully saturated rings. The average molecular weight is 707 g/mol. The average Bonchev–Trinajstić information content (AvgIpc) is 2.96. The zero-order chi connectivity index (χ0) is 33.0. The van der Waals surface area contributed by atoms with Crippen LogP contribution >= 0.6 is 15.9 Å². The topological polar surface area (TPSA) is 81.1 Å². The summed E-state index contributed by atoms with van der Waals surface area (Å²) in [5.41, 5.74) is 3.46. The monoisotopic (exact) mass is 705 g/mol. The number of ether oxygens (including phenoxy) is 2. The smallest absolute Gasteiger partial charge is 0.265 e. The fourth-order valence-corrected chi connectivity index (χ4v) is 6.69. The van der Waals surface area contributed by atoms with Gasteiger partial charge in [-0.25, -0.2) is 17.6 Å². The number of aryl methyl sites for hydroxylation is 2. The molecule has 0 radical (unpaired) electrons. The lowest BCUT2D eigenvalue weighted by Gasteiger charge is -2.39. The van der Waals surface area contributed by atoms with E-state index in [-0.39, 0.29) is 74.7 Å². The first kappa shape index (κ1) is 32.1. The molecule has 8 nitrogen and oxygen atoms in total. The number of hydrogen-bond acceptors (Lipinski definition) is 5. The van der Waals surface area contributed by atoms with Crippen molar-refractivity contribution in [3.05, 3.63) is 69.1 Å². The van der Waals surface area contributed by atoms with Crippen molar-refractivity contribution in [2.45, 2.75) is 44.5 Å². The predicted molar refractivity (Wildman–Crippen MR) is 167 cm³/mol. The fraction of sp³-hybridized carbons (Fsp3) is 0.424. The minimum atomic E-state index is -2.61. The van der Waals surface area contributed by atoms with E-state index >= 15 is 0 Å². The maximum absolute atomic E-state index is 13.2. The molecule has 2 saturated carbocycles. The molecule has 0 N–H and O–H groups in total. The van der Waals surface area contributed by atoms with Crippen molar-refractivity contribution in [3.63, 3.8) is 0 Å². The highest BCUT2D eigenvalue weighted by molar-refractivity contribution is 9.10. The lowest BCUT2D eigenvalue weighted by atomic mass is 9.81. The first-order valence-electron chi connectivity index (χ1n) is 14.9. The van der Waals surface area contributed by atoms with Crippen LogP contribution in [0.25, 0.3) is 11.1 Å². The molecule has 244 valence electrons. The Morgan fingerprint density at radius 1 is 0.761 bits per heavy atom. The van der Waals surface area contributed by atoms with Gasteiger partial charge in [-0.1, -0.05) is 22.0 Å². The van der Waals surface area contributed by atoms with Crippen LogP contribution in [0.4, 0.5) is 28.9 Å². The molecule has 46 heavy (non-hydrogen) atoms. The Bertz CT molecular complexity index is 1720. The van der Waals surface area contributed by atoms with Crippen LogP contribution in [0.15, 0.2) is 57.9 Å². The number of halogens is 5. The first-order valence-corrected chi connectivity index (χ1v) is 15.7. The molecule has 7 rings (SSSR count). The van der Waals surface area contributed by atoms with Crippen LogP contribution in [0.2, 0.25) is 0 Å². The second kappa shape index (κ2) is 12.1. The van der Waals surface area contributed by atoms with Gasteiger partial charge in [0.15, 0.2) is 13.2 Å². The number of fused-ring (bicyclic) bond motifs is 2. The number of pyridine rings is 1. The molecule has 2 aliphatic heterocycles. The molecule has 2 aliphatic carbocycles. The molecule has 4 aliphatic rings. The minimum Gasteiger partial charge on any atom is -0.482 e. The van der Waals surface area contributed by atoms with Gasteiger partial charge in [-0.3, -0.25) is 14.4 Å². The number of carbonyl (C=O) groups excluding carboxylic acids is 2. The number of anilines is 2. The summed E-state index contributed by atoms with van der Waals surface area (Å²) in [7, 11) is 1.69. The second-order valence-electron chi connectivity index (χ2n) is 12.5. The highest BCUT2D eigenvalue weighted by atomic mass is 79.9. The Morgan fingerprint density at radius 3 is 1.76 bits per heavy atom. The maximum Gasteiger partial charge on any atom is 0.265 e. The summed E-state index contributed by atoms with van der Waals surface area (Å²) < 4.78 is 65.3. The number of alkyl halides is 4. The third-order valence-corrected chi connectivity index (χ3v) is 9.19. The fourth-order valence-electron chi connectivity index (χ4n) is 6.34. The number of amides is 2. The van der Waals surface area contributed by atoms with E-state index in [0.717, 1.165) is 15.6 Å². The summed E-state index contributed by atoms with van der Waals surface area (Å²) in [5, 5.41) is 0. The van der Waals surface area contributed by atoms with Crippen molar-refractivity contribution in [1.82, 2.24) is 4.57 Å². The van der Waals surface area contributed by atoms with Gasteiger partial charge < -0.3 is 23.8 Å². The largest absolute Gasteiger partial charge is 0.482 e. The number of benzene rings is 2. The van der Waals surface area contributed by atoms with Gasteiger partial charge >= 0.3 is 0 Å². The van der Waals surface area contributed by atoms with Gasteiger partial charge in [-0.15, -0.1) is 0 Å². The maximum atomic E-state index is 13.2. The molecular weight excluding hydrogens is 674 g/mol. The molecule has 0 bridgehead atoms. The highest BCUT2D eigenvalue weighted by Crippen LogP contribution is 2.46. The van der Waals surface area contributed by atoms with Crippen LogP contribution in [0, 0.1) is 18.8 Å². The normalized spacial score (nSPS) is 19.9. The molecule has 0 saturated heterocycles. The first-order chi connectivity index (χ1) is 21.7. The zero-order valence-electron chi connectivity index (χ0n) is 25.2. The lowest BCUT2D eigenvalue weighted by Crippen LogP contribution is -2.47. The van der Waals surface area contributed by atoms with Crippen molar-refractivity contribution in [2.75, 3.05) is 36.1 Å². The van der Waals surface area contributed by atoms with Crippen LogP contribution < -0.4 is 24.8 Å². The van der Waals surface area contributed by atoms with E-state index in [4.69, 9.17) is 9.47 Å². The number of aromatic nitrogens is 1. The SMILES string of the molecule is Cc1cc(-c2ccc3c(c2)N(CC2CC(F)(F)C2)C(=O)CO3)cn(C)c1=O.O=C1COc2ccc(Br)cc2N1CC1CC(F)(F)C1. The van der Waals surface area contributed by atoms with E-state index in [9.17, 15) is 31.9 Å². The Hall–Kier alpha value is -3.87. The zero-order valence-corrected chi connectivity index (χ0v) is 26.8. The molecule has 0 unspecified atom stereocenters. The van der Waals surface area contributed by atoms with Gasteiger partial charge in [0.05, 0.1) is 11.4 Å². The number of hydrogen-bond donors (Lipinski definition) is 0. The molecule has 2 amide bonds. The molecule has 0 spiro atoms. The summed E-state index contributed by atoms with van der Waals surface area (Å²) in [6, 6.07) is 12.6. The van der Waals surface area contributed by atoms with Gasteiger partial charge in [0.1, 0.15) is 11.5 Å². The summed E-state index contributed by atoms with van der Waals surface area (Å²) in [6.07, 6.45) is 1.08. The van der Waals surface area contributed by atoms with Gasteiger partial charge in [0.2, 0.25) is 11.8 Å². The van der Waals surface area contributed by atoms with Gasteiger partial charge in [-0.2, -0.15) is 0 Å². The van der Waals surface area contributed by atoms with Gasteiger partial charge in [0, 0.05) is 62.1 Å². The number of nitrogens with zero attached hydrogens (tertiary/aromatic N) is 3. The van der Waals surface area contributed by atoms with Crippen LogP contribution in [0.3, 0.4) is 0 Å².